The molecule has 1 heterocycles. The highest BCUT2D eigenvalue weighted by atomic mass is 16.5. The Bertz CT molecular complexity index is 457. The summed E-state index contributed by atoms with van der Waals surface area (Å²) in [5.41, 5.74) is 1.30. The molecule has 0 aliphatic carbocycles. The number of benzene rings is 1. The number of likely N-dealkylation sites (tertiary alicyclic amines) is 1. The highest BCUT2D eigenvalue weighted by molar-refractivity contribution is 5.19. The number of hydrogen-bond donors (Lipinski definition) is 1. The van der Waals surface area contributed by atoms with Crippen molar-refractivity contribution in [1.82, 2.24) is 10.2 Å². The lowest BCUT2D eigenvalue weighted by Gasteiger charge is -2.30. The van der Waals surface area contributed by atoms with Gasteiger partial charge in [0.25, 0.3) is 0 Å². The molecule has 1 aliphatic rings. The van der Waals surface area contributed by atoms with Crippen LogP contribution in [0.4, 0.5) is 0 Å². The Hall–Kier alpha value is -0.900. The van der Waals surface area contributed by atoms with Crippen LogP contribution < -0.4 is 5.32 Å². The summed E-state index contributed by atoms with van der Waals surface area (Å²) in [5, 5.41) is 3.85. The van der Waals surface area contributed by atoms with Gasteiger partial charge < -0.3 is 15.0 Å². The predicted molar refractivity (Wildman–Crippen MR) is 112 cm³/mol. The van der Waals surface area contributed by atoms with Crippen LogP contribution in [0.5, 0.6) is 0 Å². The van der Waals surface area contributed by atoms with E-state index in [9.17, 15) is 0 Å². The van der Waals surface area contributed by atoms with Crippen LogP contribution in [0.2, 0.25) is 0 Å². The van der Waals surface area contributed by atoms with E-state index in [1.54, 1.807) is 0 Å². The van der Waals surface area contributed by atoms with E-state index in [4.69, 9.17) is 4.74 Å². The van der Waals surface area contributed by atoms with Gasteiger partial charge in [0.1, 0.15) is 0 Å². The highest BCUT2D eigenvalue weighted by Crippen LogP contribution is 2.25. The second-order valence-electron chi connectivity index (χ2n) is 8.07. The van der Waals surface area contributed by atoms with E-state index in [1.807, 2.05) is 0 Å². The fourth-order valence-corrected chi connectivity index (χ4v) is 3.91. The molecule has 1 aromatic carbocycles. The van der Waals surface area contributed by atoms with Gasteiger partial charge in [-0.2, -0.15) is 0 Å². The Morgan fingerprint density at radius 3 is 2.42 bits per heavy atom. The van der Waals surface area contributed by atoms with Gasteiger partial charge in [-0.15, -0.1) is 0 Å². The number of nitrogens with zero attached hydrogens (tertiary/aromatic N) is 1. The van der Waals surface area contributed by atoms with Gasteiger partial charge in [-0.05, 0) is 76.7 Å². The van der Waals surface area contributed by atoms with Crippen LogP contribution in [-0.4, -0.2) is 43.7 Å². The summed E-state index contributed by atoms with van der Waals surface area (Å²) in [6.07, 6.45) is 7.96. The molecular formula is C23H40N2O. The van der Waals surface area contributed by atoms with Gasteiger partial charge in [0.2, 0.25) is 0 Å². The maximum absolute atomic E-state index is 6.20. The molecule has 2 rings (SSSR count). The highest BCUT2D eigenvalue weighted by Gasteiger charge is 2.23. The SMILES string of the molecule is CCOC(c1ccccc1)C(CCC(C)C)NCCCN1CCCCC1. The average molecular weight is 361 g/mol. The number of hydrogen-bond acceptors (Lipinski definition) is 3. The van der Waals surface area contributed by atoms with Crippen LogP contribution in [0, 0.1) is 5.92 Å². The van der Waals surface area contributed by atoms with Crippen molar-refractivity contribution in [2.75, 3.05) is 32.8 Å². The van der Waals surface area contributed by atoms with Crippen molar-refractivity contribution in [3.8, 4) is 0 Å². The largest absolute Gasteiger partial charge is 0.372 e. The Morgan fingerprint density at radius 2 is 1.77 bits per heavy atom. The molecule has 26 heavy (non-hydrogen) atoms. The van der Waals surface area contributed by atoms with Crippen molar-refractivity contribution >= 4 is 0 Å². The molecule has 0 amide bonds. The van der Waals surface area contributed by atoms with Gasteiger partial charge in [0, 0.05) is 12.6 Å². The topological polar surface area (TPSA) is 24.5 Å². The quantitative estimate of drug-likeness (QED) is 0.529. The third-order valence-corrected chi connectivity index (χ3v) is 5.40. The zero-order chi connectivity index (χ0) is 18.6. The molecule has 1 aromatic rings. The molecule has 1 aliphatic heterocycles. The molecule has 1 saturated heterocycles. The summed E-state index contributed by atoms with van der Waals surface area (Å²) in [6.45, 7) is 12.4. The Morgan fingerprint density at radius 1 is 1.04 bits per heavy atom. The average Bonchev–Trinajstić information content (AvgIpc) is 2.67. The summed E-state index contributed by atoms with van der Waals surface area (Å²) >= 11 is 0. The lowest BCUT2D eigenvalue weighted by atomic mass is 9.95. The summed E-state index contributed by atoms with van der Waals surface area (Å²) in [6, 6.07) is 11.1. The first-order valence-electron chi connectivity index (χ1n) is 10.8. The first-order chi connectivity index (χ1) is 12.7. The van der Waals surface area contributed by atoms with E-state index < -0.39 is 0 Å². The fourth-order valence-electron chi connectivity index (χ4n) is 3.91. The minimum Gasteiger partial charge on any atom is -0.372 e. The Balaban J connectivity index is 1.89. The van der Waals surface area contributed by atoms with Gasteiger partial charge in [-0.3, -0.25) is 0 Å². The molecule has 0 bridgehead atoms. The van der Waals surface area contributed by atoms with E-state index in [0.717, 1.165) is 19.1 Å². The van der Waals surface area contributed by atoms with E-state index in [2.05, 4.69) is 61.3 Å². The minimum atomic E-state index is 0.148. The van der Waals surface area contributed by atoms with Crippen molar-refractivity contribution in [3.63, 3.8) is 0 Å². The number of piperidine rings is 1. The van der Waals surface area contributed by atoms with E-state index in [-0.39, 0.29) is 6.10 Å². The van der Waals surface area contributed by atoms with E-state index >= 15 is 0 Å². The van der Waals surface area contributed by atoms with Crippen molar-refractivity contribution in [3.05, 3.63) is 35.9 Å². The van der Waals surface area contributed by atoms with Gasteiger partial charge in [0.05, 0.1) is 6.10 Å². The van der Waals surface area contributed by atoms with Crippen LogP contribution in [-0.2, 0) is 4.74 Å². The molecule has 1 fully saturated rings. The summed E-state index contributed by atoms with van der Waals surface area (Å²) in [5.74, 6) is 0.727. The summed E-state index contributed by atoms with van der Waals surface area (Å²) < 4.78 is 6.20. The fraction of sp³-hybridized carbons (Fsp3) is 0.739. The van der Waals surface area contributed by atoms with Crippen LogP contribution in [0.25, 0.3) is 0 Å². The maximum Gasteiger partial charge on any atom is 0.0977 e. The number of ether oxygens (including phenoxy) is 1. The van der Waals surface area contributed by atoms with E-state index in [0.29, 0.717) is 6.04 Å². The smallest absolute Gasteiger partial charge is 0.0977 e. The second-order valence-corrected chi connectivity index (χ2v) is 8.07. The number of rotatable bonds is 12. The van der Waals surface area contributed by atoms with E-state index in [1.165, 1.54) is 63.7 Å². The minimum absolute atomic E-state index is 0.148. The van der Waals surface area contributed by atoms with Crippen molar-refractivity contribution < 1.29 is 4.74 Å². The normalized spacial score (nSPS) is 18.2. The van der Waals surface area contributed by atoms with Crippen LogP contribution in [0.1, 0.15) is 71.0 Å². The van der Waals surface area contributed by atoms with Crippen molar-refractivity contribution in [2.24, 2.45) is 5.92 Å². The molecule has 2 atom stereocenters. The molecule has 3 nitrogen and oxygen atoms in total. The van der Waals surface area contributed by atoms with Crippen molar-refractivity contribution in [2.45, 2.75) is 71.4 Å². The molecule has 2 unspecified atom stereocenters. The molecule has 3 heteroatoms. The first-order valence-corrected chi connectivity index (χ1v) is 10.8. The summed E-state index contributed by atoms with van der Waals surface area (Å²) in [7, 11) is 0. The third-order valence-electron chi connectivity index (χ3n) is 5.40. The van der Waals surface area contributed by atoms with Crippen LogP contribution in [0.15, 0.2) is 30.3 Å². The molecule has 0 radical (unpaired) electrons. The van der Waals surface area contributed by atoms with Crippen molar-refractivity contribution in [1.29, 1.82) is 0 Å². The van der Waals surface area contributed by atoms with Crippen LogP contribution >= 0.6 is 0 Å². The van der Waals surface area contributed by atoms with Gasteiger partial charge in [-0.1, -0.05) is 50.6 Å². The standard InChI is InChI=1S/C23H40N2O/c1-4-26-23(21-12-7-5-8-13-21)22(15-14-20(2)3)24-16-11-19-25-17-9-6-10-18-25/h5,7-8,12-13,20,22-24H,4,6,9-11,14-19H2,1-3H3. The molecule has 0 aromatic heterocycles. The zero-order valence-electron chi connectivity index (χ0n) is 17.3. The first kappa shape index (κ1) is 21.4. The molecule has 0 saturated carbocycles. The lowest BCUT2D eigenvalue weighted by Crippen LogP contribution is -2.39. The van der Waals surface area contributed by atoms with Crippen LogP contribution in [0.3, 0.4) is 0 Å². The van der Waals surface area contributed by atoms with Gasteiger partial charge >= 0.3 is 0 Å². The second kappa shape index (κ2) is 12.5. The number of nitrogens with one attached hydrogen (secondary N) is 1. The zero-order valence-corrected chi connectivity index (χ0v) is 17.3. The molecule has 148 valence electrons. The van der Waals surface area contributed by atoms with Gasteiger partial charge in [0.15, 0.2) is 0 Å². The Kier molecular flexibility index (Phi) is 10.3. The molecular weight excluding hydrogens is 320 g/mol. The van der Waals surface area contributed by atoms with Gasteiger partial charge in [-0.25, -0.2) is 0 Å². The molecule has 1 N–H and O–H groups in total. The predicted octanol–water partition coefficient (Wildman–Crippen LogP) is 5.03. The summed E-state index contributed by atoms with van der Waals surface area (Å²) in [4.78, 5) is 2.63. The lowest BCUT2D eigenvalue weighted by molar-refractivity contribution is 0.0292. The monoisotopic (exact) mass is 360 g/mol. The maximum atomic E-state index is 6.20. The third kappa shape index (κ3) is 7.77. The molecule has 0 spiro atoms. The Labute approximate surface area is 161 Å².